The second-order valence-electron chi connectivity index (χ2n) is 8.83. The Morgan fingerprint density at radius 1 is 1.17 bits per heavy atom. The third kappa shape index (κ3) is 4.75. The van der Waals surface area contributed by atoms with Crippen molar-refractivity contribution in [3.05, 3.63) is 77.7 Å². The zero-order valence-electron chi connectivity index (χ0n) is 18.9. The smallest absolute Gasteiger partial charge is 0.0713 e. The number of para-hydroxylation sites is 1. The molecule has 0 radical (unpaired) electrons. The van der Waals surface area contributed by atoms with E-state index in [-0.39, 0.29) is 0 Å². The normalized spacial score (nSPS) is 21.2. The van der Waals surface area contributed by atoms with Gasteiger partial charge >= 0.3 is 0 Å². The number of nitrogens with zero attached hydrogens (tertiary/aromatic N) is 2. The molecule has 1 aromatic carbocycles. The summed E-state index contributed by atoms with van der Waals surface area (Å²) in [5.74, 6) is 0.636. The SMILES string of the molecule is C=C(C)[C@@H]1CC=C(C(C(=C)N(/C=C\C)c2c(C)cccc2C)N2CCCC2)CC1. The van der Waals surface area contributed by atoms with Gasteiger partial charge in [-0.15, -0.1) is 0 Å². The summed E-state index contributed by atoms with van der Waals surface area (Å²) in [4.78, 5) is 5.00. The number of allylic oxidation sites excluding steroid dienone is 3. The molecule has 0 N–H and O–H groups in total. The predicted molar refractivity (Wildman–Crippen MR) is 127 cm³/mol. The number of benzene rings is 1. The average molecular weight is 391 g/mol. The second kappa shape index (κ2) is 9.63. The summed E-state index contributed by atoms with van der Waals surface area (Å²) in [7, 11) is 0. The Labute approximate surface area is 178 Å². The first kappa shape index (κ1) is 21.6. The van der Waals surface area contributed by atoms with Crippen LogP contribution in [0.15, 0.2) is 66.6 Å². The molecule has 1 fully saturated rings. The lowest BCUT2D eigenvalue weighted by Gasteiger charge is -2.39. The molecular formula is C27H38N2. The number of hydrogen-bond donors (Lipinski definition) is 0. The van der Waals surface area contributed by atoms with Crippen molar-refractivity contribution in [2.24, 2.45) is 5.92 Å². The maximum Gasteiger partial charge on any atom is 0.0713 e. The zero-order valence-corrected chi connectivity index (χ0v) is 18.9. The van der Waals surface area contributed by atoms with Crippen molar-refractivity contribution in [3.63, 3.8) is 0 Å². The topological polar surface area (TPSA) is 6.48 Å². The Morgan fingerprint density at radius 2 is 1.83 bits per heavy atom. The van der Waals surface area contributed by atoms with Crippen molar-refractivity contribution >= 4 is 5.69 Å². The van der Waals surface area contributed by atoms with Gasteiger partial charge in [-0.05, 0) is 89.9 Å². The van der Waals surface area contributed by atoms with Crippen molar-refractivity contribution < 1.29 is 0 Å². The lowest BCUT2D eigenvalue weighted by Crippen LogP contribution is -2.41. The first-order valence-corrected chi connectivity index (χ1v) is 11.2. The summed E-state index contributed by atoms with van der Waals surface area (Å²) in [5.41, 5.74) is 7.92. The molecule has 1 aliphatic carbocycles. The Hall–Kier alpha value is -2.06. The van der Waals surface area contributed by atoms with Crippen molar-refractivity contribution in [2.75, 3.05) is 18.0 Å². The Balaban J connectivity index is 1.98. The number of anilines is 1. The highest BCUT2D eigenvalue weighted by molar-refractivity contribution is 5.65. The number of aryl methyl sites for hydroxylation is 2. The largest absolute Gasteiger partial charge is 0.319 e. The van der Waals surface area contributed by atoms with Crippen molar-refractivity contribution in [1.29, 1.82) is 0 Å². The first-order valence-electron chi connectivity index (χ1n) is 11.2. The van der Waals surface area contributed by atoms with Gasteiger partial charge in [0.2, 0.25) is 0 Å². The van der Waals surface area contributed by atoms with Gasteiger partial charge in [0.1, 0.15) is 0 Å². The third-order valence-electron chi connectivity index (χ3n) is 6.60. The minimum absolute atomic E-state index is 0.291. The Bertz CT molecular complexity index is 788. The van der Waals surface area contributed by atoms with Gasteiger partial charge in [-0.1, -0.05) is 54.7 Å². The number of hydrogen-bond acceptors (Lipinski definition) is 2. The van der Waals surface area contributed by atoms with Crippen molar-refractivity contribution in [2.45, 2.75) is 65.8 Å². The van der Waals surface area contributed by atoms with E-state index >= 15 is 0 Å². The van der Waals surface area contributed by atoms with E-state index in [2.05, 4.69) is 87.2 Å². The summed E-state index contributed by atoms with van der Waals surface area (Å²) in [6.07, 6.45) is 12.9. The molecule has 0 saturated carbocycles. The van der Waals surface area contributed by atoms with Gasteiger partial charge in [-0.2, -0.15) is 0 Å². The molecule has 1 saturated heterocycles. The van der Waals surface area contributed by atoms with E-state index in [0.29, 0.717) is 12.0 Å². The fourth-order valence-electron chi connectivity index (χ4n) is 4.99. The fourth-order valence-corrected chi connectivity index (χ4v) is 4.99. The molecule has 0 aromatic heterocycles. The maximum absolute atomic E-state index is 4.68. The van der Waals surface area contributed by atoms with Crippen LogP contribution in [-0.4, -0.2) is 24.0 Å². The molecule has 1 aliphatic heterocycles. The fraction of sp³-hybridized carbons (Fsp3) is 0.481. The lowest BCUT2D eigenvalue weighted by molar-refractivity contribution is 0.290. The molecule has 2 aliphatic rings. The molecule has 1 heterocycles. The minimum atomic E-state index is 0.291. The number of likely N-dealkylation sites (tertiary alicyclic amines) is 1. The molecule has 1 aromatic rings. The van der Waals surface area contributed by atoms with Crippen LogP contribution in [-0.2, 0) is 0 Å². The molecular weight excluding hydrogens is 352 g/mol. The monoisotopic (exact) mass is 390 g/mol. The lowest BCUT2D eigenvalue weighted by atomic mass is 9.82. The van der Waals surface area contributed by atoms with Crippen LogP contribution in [0.25, 0.3) is 0 Å². The van der Waals surface area contributed by atoms with E-state index in [1.165, 1.54) is 60.4 Å². The van der Waals surface area contributed by atoms with Crippen LogP contribution in [0.2, 0.25) is 0 Å². The molecule has 0 amide bonds. The zero-order chi connectivity index (χ0) is 21.0. The van der Waals surface area contributed by atoms with Crippen LogP contribution in [0.4, 0.5) is 5.69 Å². The second-order valence-corrected chi connectivity index (χ2v) is 8.83. The predicted octanol–water partition coefficient (Wildman–Crippen LogP) is 6.92. The van der Waals surface area contributed by atoms with E-state index < -0.39 is 0 Å². The third-order valence-corrected chi connectivity index (χ3v) is 6.60. The molecule has 2 atom stereocenters. The summed E-state index contributed by atoms with van der Waals surface area (Å²) in [5, 5.41) is 0. The van der Waals surface area contributed by atoms with Crippen LogP contribution >= 0.6 is 0 Å². The maximum atomic E-state index is 4.68. The van der Waals surface area contributed by atoms with Gasteiger partial charge in [0.25, 0.3) is 0 Å². The Kier molecular flexibility index (Phi) is 7.18. The van der Waals surface area contributed by atoms with Crippen LogP contribution in [0.5, 0.6) is 0 Å². The molecule has 2 nitrogen and oxygen atoms in total. The van der Waals surface area contributed by atoms with Gasteiger partial charge < -0.3 is 4.90 Å². The van der Waals surface area contributed by atoms with E-state index in [1.54, 1.807) is 5.57 Å². The van der Waals surface area contributed by atoms with Crippen LogP contribution in [0.3, 0.4) is 0 Å². The molecule has 0 bridgehead atoms. The Morgan fingerprint density at radius 3 is 2.34 bits per heavy atom. The highest BCUT2D eigenvalue weighted by Gasteiger charge is 2.32. The van der Waals surface area contributed by atoms with Crippen LogP contribution < -0.4 is 4.90 Å². The van der Waals surface area contributed by atoms with Gasteiger partial charge in [-0.3, -0.25) is 4.90 Å². The van der Waals surface area contributed by atoms with Crippen LogP contribution in [0.1, 0.15) is 57.1 Å². The van der Waals surface area contributed by atoms with Gasteiger partial charge in [0.15, 0.2) is 0 Å². The standard InChI is InChI=1S/C27H38N2/c1-7-17-29(26-21(4)11-10-12-22(26)5)23(6)27(28-18-8-9-19-28)25-15-13-24(14-16-25)20(2)3/h7,10-12,15,17,24,27H,2,6,8-9,13-14,16,18-19H2,1,3-5H3/b17-7-/t24-,27?/m1/s1. The van der Waals surface area contributed by atoms with Gasteiger partial charge in [0.05, 0.1) is 11.7 Å². The summed E-state index contributed by atoms with van der Waals surface area (Å²) in [6.45, 7) is 19.9. The minimum Gasteiger partial charge on any atom is -0.319 e. The molecule has 0 spiro atoms. The van der Waals surface area contributed by atoms with Crippen molar-refractivity contribution in [1.82, 2.24) is 4.90 Å². The quantitative estimate of drug-likeness (QED) is 0.466. The van der Waals surface area contributed by atoms with E-state index in [1.807, 2.05) is 0 Å². The molecule has 2 heteroatoms. The molecule has 1 unspecified atom stereocenters. The van der Waals surface area contributed by atoms with Crippen LogP contribution in [0, 0.1) is 19.8 Å². The van der Waals surface area contributed by atoms with Gasteiger partial charge in [-0.25, -0.2) is 0 Å². The summed E-state index contributed by atoms with van der Waals surface area (Å²) >= 11 is 0. The highest BCUT2D eigenvalue weighted by atomic mass is 15.2. The summed E-state index contributed by atoms with van der Waals surface area (Å²) in [6, 6.07) is 6.84. The molecule has 29 heavy (non-hydrogen) atoms. The van der Waals surface area contributed by atoms with E-state index in [0.717, 1.165) is 12.8 Å². The van der Waals surface area contributed by atoms with E-state index in [9.17, 15) is 0 Å². The first-order chi connectivity index (χ1) is 13.9. The van der Waals surface area contributed by atoms with E-state index in [4.69, 9.17) is 0 Å². The number of rotatable bonds is 7. The average Bonchev–Trinajstić information content (AvgIpc) is 3.22. The molecule has 156 valence electrons. The summed E-state index contributed by atoms with van der Waals surface area (Å²) < 4.78 is 0. The van der Waals surface area contributed by atoms with Crippen molar-refractivity contribution in [3.8, 4) is 0 Å². The van der Waals surface area contributed by atoms with Gasteiger partial charge in [0, 0.05) is 11.9 Å². The highest BCUT2D eigenvalue weighted by Crippen LogP contribution is 2.37. The molecule has 3 rings (SSSR count).